The van der Waals surface area contributed by atoms with E-state index in [0.717, 1.165) is 45.0 Å². The Morgan fingerprint density at radius 3 is 1.38 bits per heavy atom. The summed E-state index contributed by atoms with van der Waals surface area (Å²) in [4.78, 5) is 2.50. The number of H-pyrrole nitrogens is 2. The maximum Gasteiger partial charge on any atom is 0.0927 e. The molecule has 5 rings (SSSR count). The topological polar surface area (TPSA) is 57.4 Å². The first-order valence-corrected chi connectivity index (χ1v) is 12.7. The van der Waals surface area contributed by atoms with Gasteiger partial charge in [-0.15, -0.1) is 23.5 Å². The third-order valence-electron chi connectivity index (χ3n) is 5.41. The number of thioether (sulfide) groups is 2. The van der Waals surface area contributed by atoms with Gasteiger partial charge in [-0.05, 0) is 66.1 Å². The van der Waals surface area contributed by atoms with Crippen molar-refractivity contribution < 1.29 is 0 Å². The third-order valence-corrected chi connectivity index (χ3v) is 6.90. The van der Waals surface area contributed by atoms with E-state index in [1.807, 2.05) is 6.07 Å². The van der Waals surface area contributed by atoms with Crippen molar-refractivity contribution in [2.75, 3.05) is 12.5 Å². The molecule has 0 spiro atoms. The number of rotatable bonds is 6. The number of benzene rings is 3. The second-order valence-corrected chi connectivity index (χ2v) is 9.13. The Morgan fingerprint density at radius 2 is 0.969 bits per heavy atom. The summed E-state index contributed by atoms with van der Waals surface area (Å²) in [5.41, 5.74) is 8.21. The number of aromatic nitrogens is 4. The van der Waals surface area contributed by atoms with E-state index in [4.69, 9.17) is 0 Å². The molecule has 0 aliphatic carbocycles. The van der Waals surface area contributed by atoms with Gasteiger partial charge in [0.1, 0.15) is 0 Å². The largest absolute Gasteiger partial charge is 0.277 e. The first-order valence-electron chi connectivity index (χ1n) is 10.2. The van der Waals surface area contributed by atoms with Crippen LogP contribution in [0.1, 0.15) is 0 Å². The highest BCUT2D eigenvalue weighted by Crippen LogP contribution is 2.30. The Bertz CT molecular complexity index is 1230. The summed E-state index contributed by atoms with van der Waals surface area (Å²) in [6, 6.07) is 29.5. The Labute approximate surface area is 195 Å². The molecule has 0 radical (unpaired) electrons. The van der Waals surface area contributed by atoms with E-state index in [-0.39, 0.29) is 0 Å². The maximum atomic E-state index is 4.55. The average molecular weight is 455 g/mol. The van der Waals surface area contributed by atoms with E-state index in [2.05, 4.69) is 112 Å². The lowest BCUT2D eigenvalue weighted by Crippen LogP contribution is -1.82. The maximum absolute atomic E-state index is 4.55. The van der Waals surface area contributed by atoms with Gasteiger partial charge < -0.3 is 0 Å². The van der Waals surface area contributed by atoms with Crippen molar-refractivity contribution in [1.29, 1.82) is 0 Å². The van der Waals surface area contributed by atoms with Crippen LogP contribution in [0.15, 0.2) is 94.7 Å². The van der Waals surface area contributed by atoms with Crippen LogP contribution in [0.5, 0.6) is 0 Å². The van der Waals surface area contributed by atoms with Crippen LogP contribution in [0.3, 0.4) is 0 Å². The van der Waals surface area contributed by atoms with Crippen LogP contribution in [-0.2, 0) is 0 Å². The Morgan fingerprint density at radius 1 is 0.531 bits per heavy atom. The van der Waals surface area contributed by atoms with Crippen LogP contribution in [0.4, 0.5) is 0 Å². The van der Waals surface area contributed by atoms with Crippen LogP contribution < -0.4 is 0 Å². The van der Waals surface area contributed by atoms with E-state index in [1.165, 1.54) is 9.79 Å². The van der Waals surface area contributed by atoms with Gasteiger partial charge >= 0.3 is 0 Å². The summed E-state index contributed by atoms with van der Waals surface area (Å²) in [7, 11) is 0. The lowest BCUT2D eigenvalue weighted by molar-refractivity contribution is 1.09. The zero-order chi connectivity index (χ0) is 21.9. The van der Waals surface area contributed by atoms with Crippen molar-refractivity contribution in [3.63, 3.8) is 0 Å². The van der Waals surface area contributed by atoms with Crippen molar-refractivity contribution in [1.82, 2.24) is 20.4 Å². The van der Waals surface area contributed by atoms with E-state index < -0.39 is 0 Å². The molecular formula is C26H22N4S2. The molecule has 3 aromatic carbocycles. The van der Waals surface area contributed by atoms with Crippen molar-refractivity contribution in [2.24, 2.45) is 0 Å². The Kier molecular flexibility index (Phi) is 5.88. The molecule has 0 saturated carbocycles. The van der Waals surface area contributed by atoms with Gasteiger partial charge in [0.25, 0.3) is 0 Å². The first-order chi connectivity index (χ1) is 15.7. The molecule has 0 fully saturated rings. The number of nitrogens with zero attached hydrogens (tertiary/aromatic N) is 2. The zero-order valence-corrected chi connectivity index (χ0v) is 19.4. The number of hydrogen-bond donors (Lipinski definition) is 2. The number of hydrogen-bond acceptors (Lipinski definition) is 4. The van der Waals surface area contributed by atoms with Gasteiger partial charge in [0.15, 0.2) is 0 Å². The normalized spacial score (nSPS) is 11.1. The first kappa shape index (κ1) is 20.7. The third kappa shape index (κ3) is 4.24. The van der Waals surface area contributed by atoms with E-state index >= 15 is 0 Å². The fourth-order valence-corrected chi connectivity index (χ4v) is 4.43. The van der Waals surface area contributed by atoms with Gasteiger partial charge in [-0.3, -0.25) is 10.2 Å². The SMILES string of the molecule is CSc1ccc(-c2cc(-c3cccc(-c4cc(-c5ccc(SC)cc5)[nH]n4)c3)n[nH]2)cc1. The molecule has 0 aliphatic heterocycles. The average Bonchev–Trinajstić information content (AvgIpc) is 3.55. The summed E-state index contributed by atoms with van der Waals surface area (Å²) in [5, 5.41) is 15.4. The molecule has 0 unspecified atom stereocenters. The molecule has 158 valence electrons. The lowest BCUT2D eigenvalue weighted by Gasteiger charge is -2.01. The summed E-state index contributed by atoms with van der Waals surface area (Å²) in [5.74, 6) is 0. The summed E-state index contributed by atoms with van der Waals surface area (Å²) in [6.45, 7) is 0. The van der Waals surface area contributed by atoms with Gasteiger partial charge in [-0.2, -0.15) is 10.2 Å². The van der Waals surface area contributed by atoms with Crippen molar-refractivity contribution >= 4 is 23.5 Å². The molecule has 0 amide bonds. The van der Waals surface area contributed by atoms with Crippen LogP contribution in [-0.4, -0.2) is 32.9 Å². The molecule has 0 bridgehead atoms. The van der Waals surface area contributed by atoms with Gasteiger partial charge in [0.05, 0.1) is 22.8 Å². The fraction of sp³-hybridized carbons (Fsp3) is 0.0769. The van der Waals surface area contributed by atoms with E-state index in [1.54, 1.807) is 23.5 Å². The van der Waals surface area contributed by atoms with Gasteiger partial charge in [-0.25, -0.2) is 0 Å². The molecule has 2 aromatic heterocycles. The van der Waals surface area contributed by atoms with Gasteiger partial charge in [-0.1, -0.05) is 42.5 Å². The van der Waals surface area contributed by atoms with Crippen LogP contribution in [0.2, 0.25) is 0 Å². The number of aromatic amines is 2. The van der Waals surface area contributed by atoms with E-state index in [9.17, 15) is 0 Å². The quantitative estimate of drug-likeness (QED) is 0.265. The van der Waals surface area contributed by atoms with Crippen LogP contribution in [0, 0.1) is 0 Å². The van der Waals surface area contributed by atoms with Crippen LogP contribution in [0.25, 0.3) is 45.0 Å². The molecule has 6 heteroatoms. The van der Waals surface area contributed by atoms with Gasteiger partial charge in [0, 0.05) is 20.9 Å². The molecule has 5 aromatic rings. The molecule has 0 aliphatic rings. The zero-order valence-electron chi connectivity index (χ0n) is 17.8. The summed E-state index contributed by atoms with van der Waals surface area (Å²) in [6.07, 6.45) is 4.17. The van der Waals surface area contributed by atoms with E-state index in [0.29, 0.717) is 0 Å². The molecule has 0 saturated heterocycles. The van der Waals surface area contributed by atoms with Gasteiger partial charge in [0.2, 0.25) is 0 Å². The molecule has 0 atom stereocenters. The fourth-order valence-electron chi connectivity index (χ4n) is 3.61. The van der Waals surface area contributed by atoms with Crippen molar-refractivity contribution in [3.8, 4) is 45.0 Å². The standard InChI is InChI=1S/C26H22N4S2/c1-31-21-10-6-17(7-11-21)23-15-25(29-27-23)19-4-3-5-20(14-19)26-16-24(28-30-26)18-8-12-22(32-2)13-9-18/h3-16H,1-2H3,(H,27,29)(H,28,30). The van der Waals surface area contributed by atoms with Crippen molar-refractivity contribution in [2.45, 2.75) is 9.79 Å². The smallest absolute Gasteiger partial charge is 0.0927 e. The minimum atomic E-state index is 0.916. The van der Waals surface area contributed by atoms with Crippen molar-refractivity contribution in [3.05, 3.63) is 84.9 Å². The monoisotopic (exact) mass is 454 g/mol. The lowest BCUT2D eigenvalue weighted by atomic mass is 10.0. The molecule has 2 heterocycles. The minimum Gasteiger partial charge on any atom is -0.277 e. The molecule has 32 heavy (non-hydrogen) atoms. The summed E-state index contributed by atoms with van der Waals surface area (Å²) < 4.78 is 0. The minimum absolute atomic E-state index is 0.916. The highest BCUT2D eigenvalue weighted by Gasteiger charge is 2.10. The number of nitrogens with one attached hydrogen (secondary N) is 2. The molecular weight excluding hydrogens is 432 g/mol. The highest BCUT2D eigenvalue weighted by molar-refractivity contribution is 7.98. The molecule has 4 nitrogen and oxygen atoms in total. The van der Waals surface area contributed by atoms with Crippen LogP contribution >= 0.6 is 23.5 Å². The summed E-state index contributed by atoms with van der Waals surface area (Å²) >= 11 is 3.48. The second kappa shape index (κ2) is 9.10. The Balaban J connectivity index is 1.40. The predicted octanol–water partition coefficient (Wildman–Crippen LogP) is 7.24. The Hall–Kier alpha value is -3.22. The molecule has 2 N–H and O–H groups in total. The predicted molar refractivity (Wildman–Crippen MR) is 136 cm³/mol. The second-order valence-electron chi connectivity index (χ2n) is 7.37. The highest BCUT2D eigenvalue weighted by atomic mass is 32.2.